The number of benzene rings is 2. The van der Waals surface area contributed by atoms with Gasteiger partial charge in [-0.05, 0) is 42.8 Å². The maximum absolute atomic E-state index is 12.7. The molecule has 0 saturated heterocycles. The first kappa shape index (κ1) is 20.1. The van der Waals surface area contributed by atoms with Gasteiger partial charge in [0.05, 0.1) is 14.2 Å². The van der Waals surface area contributed by atoms with Crippen LogP contribution in [0.1, 0.15) is 21.7 Å². The third-order valence-electron chi connectivity index (χ3n) is 4.42. The molecule has 0 atom stereocenters. The number of hydrogen-bond donors (Lipinski definition) is 1. The molecule has 0 aliphatic heterocycles. The third kappa shape index (κ3) is 4.82. The van der Waals surface area contributed by atoms with Crippen molar-refractivity contribution < 1.29 is 14.3 Å². The molecule has 0 aliphatic carbocycles. The van der Waals surface area contributed by atoms with Gasteiger partial charge in [0.15, 0.2) is 11.5 Å². The number of carbonyl (C=O) groups excluding carboxylic acids is 1. The summed E-state index contributed by atoms with van der Waals surface area (Å²) in [7, 11) is 5.03. The van der Waals surface area contributed by atoms with Crippen LogP contribution in [0.3, 0.4) is 0 Å². The molecule has 2 aromatic carbocycles. The number of nitrogens with one attached hydrogen (secondary N) is 1. The average molecular weight is 392 g/mol. The second-order valence-electron chi connectivity index (χ2n) is 6.46. The van der Waals surface area contributed by atoms with Crippen LogP contribution in [0.5, 0.6) is 11.5 Å². The van der Waals surface area contributed by atoms with Gasteiger partial charge in [-0.1, -0.05) is 24.3 Å². The number of amides is 1. The van der Waals surface area contributed by atoms with Crippen molar-refractivity contribution in [2.24, 2.45) is 0 Å². The molecule has 3 aromatic rings. The van der Waals surface area contributed by atoms with E-state index >= 15 is 0 Å². The van der Waals surface area contributed by atoms with E-state index in [0.29, 0.717) is 35.4 Å². The van der Waals surface area contributed by atoms with Crippen molar-refractivity contribution in [2.75, 3.05) is 26.2 Å². The van der Waals surface area contributed by atoms with Crippen molar-refractivity contribution >= 4 is 17.5 Å². The van der Waals surface area contributed by atoms with E-state index in [2.05, 4.69) is 15.3 Å². The first-order chi connectivity index (χ1) is 14.0. The molecule has 0 spiro atoms. The summed E-state index contributed by atoms with van der Waals surface area (Å²) >= 11 is 0. The molecule has 0 radical (unpaired) electrons. The predicted octanol–water partition coefficient (Wildman–Crippen LogP) is 3.50. The minimum Gasteiger partial charge on any atom is -0.493 e. The highest BCUT2D eigenvalue weighted by molar-refractivity contribution is 5.92. The monoisotopic (exact) mass is 392 g/mol. The maximum atomic E-state index is 12.7. The molecule has 1 N–H and O–H groups in total. The second-order valence-corrected chi connectivity index (χ2v) is 6.46. The molecular formula is C22H24N4O3. The average Bonchev–Trinajstić information content (AvgIpc) is 2.76. The van der Waals surface area contributed by atoms with Crippen molar-refractivity contribution in [3.05, 3.63) is 71.5 Å². The first-order valence-corrected chi connectivity index (χ1v) is 9.15. The number of aromatic nitrogens is 2. The van der Waals surface area contributed by atoms with Crippen LogP contribution in [-0.4, -0.2) is 37.1 Å². The standard InChI is InChI=1S/C22H24N4O3/c1-15-12-18(25-22(24-15)26(2)17-8-6-5-7-9-17)21(27)23-14-16-10-11-19(28-3)20(13-16)29-4/h5-13H,14H2,1-4H3,(H,23,27). The number of rotatable bonds is 7. The molecule has 3 rings (SSSR count). The summed E-state index contributed by atoms with van der Waals surface area (Å²) in [4.78, 5) is 23.4. The van der Waals surface area contributed by atoms with E-state index in [1.165, 1.54) is 0 Å². The van der Waals surface area contributed by atoms with Gasteiger partial charge in [-0.3, -0.25) is 4.79 Å². The Morgan fingerprint density at radius 1 is 1.00 bits per heavy atom. The SMILES string of the molecule is COc1ccc(CNC(=O)c2cc(C)nc(N(C)c3ccccc3)n2)cc1OC. The Kier molecular flexibility index (Phi) is 6.29. The Morgan fingerprint density at radius 2 is 1.72 bits per heavy atom. The Morgan fingerprint density at radius 3 is 2.41 bits per heavy atom. The molecule has 29 heavy (non-hydrogen) atoms. The van der Waals surface area contributed by atoms with E-state index in [1.54, 1.807) is 20.3 Å². The Hall–Kier alpha value is -3.61. The van der Waals surface area contributed by atoms with E-state index < -0.39 is 0 Å². The summed E-state index contributed by atoms with van der Waals surface area (Å²) < 4.78 is 10.5. The van der Waals surface area contributed by atoms with Gasteiger partial charge < -0.3 is 19.7 Å². The van der Waals surface area contributed by atoms with Crippen LogP contribution >= 0.6 is 0 Å². The van der Waals surface area contributed by atoms with E-state index in [1.807, 2.05) is 67.4 Å². The molecule has 1 aromatic heterocycles. The normalized spacial score (nSPS) is 10.3. The number of anilines is 2. The van der Waals surface area contributed by atoms with Gasteiger partial charge in [-0.25, -0.2) is 9.97 Å². The molecule has 7 heteroatoms. The van der Waals surface area contributed by atoms with Crippen LogP contribution in [0.2, 0.25) is 0 Å². The number of nitrogens with zero attached hydrogens (tertiary/aromatic N) is 3. The summed E-state index contributed by atoms with van der Waals surface area (Å²) in [6.07, 6.45) is 0. The molecule has 0 unspecified atom stereocenters. The quantitative estimate of drug-likeness (QED) is 0.663. The van der Waals surface area contributed by atoms with Crippen LogP contribution in [-0.2, 0) is 6.54 Å². The summed E-state index contributed by atoms with van der Waals surface area (Å²) in [5.74, 6) is 1.45. The molecule has 7 nitrogen and oxygen atoms in total. The minimum absolute atomic E-state index is 0.270. The molecule has 0 fully saturated rings. The molecular weight excluding hydrogens is 368 g/mol. The maximum Gasteiger partial charge on any atom is 0.270 e. The van der Waals surface area contributed by atoms with Crippen molar-refractivity contribution in [3.8, 4) is 11.5 Å². The van der Waals surface area contributed by atoms with Gasteiger partial charge in [0.1, 0.15) is 5.69 Å². The Bertz CT molecular complexity index is 993. The van der Waals surface area contributed by atoms with E-state index in [9.17, 15) is 4.79 Å². The fourth-order valence-electron chi connectivity index (χ4n) is 2.85. The van der Waals surface area contributed by atoms with Crippen molar-refractivity contribution in [3.63, 3.8) is 0 Å². The highest BCUT2D eigenvalue weighted by Gasteiger charge is 2.14. The molecule has 0 bridgehead atoms. The second kappa shape index (κ2) is 9.05. The summed E-state index contributed by atoms with van der Waals surface area (Å²) in [5.41, 5.74) is 2.86. The number of para-hydroxylation sites is 1. The summed E-state index contributed by atoms with van der Waals surface area (Å²) in [6.45, 7) is 2.18. The van der Waals surface area contributed by atoms with E-state index in [-0.39, 0.29) is 5.91 Å². The number of hydrogen-bond acceptors (Lipinski definition) is 6. The van der Waals surface area contributed by atoms with Crippen molar-refractivity contribution in [2.45, 2.75) is 13.5 Å². The topological polar surface area (TPSA) is 76.6 Å². The molecule has 1 amide bonds. The van der Waals surface area contributed by atoms with Gasteiger partial charge in [-0.2, -0.15) is 0 Å². The van der Waals surface area contributed by atoms with Crippen LogP contribution < -0.4 is 19.7 Å². The fraction of sp³-hybridized carbons (Fsp3) is 0.227. The van der Waals surface area contributed by atoms with E-state index in [0.717, 1.165) is 11.3 Å². The van der Waals surface area contributed by atoms with Crippen molar-refractivity contribution in [1.29, 1.82) is 0 Å². The molecule has 0 aliphatic rings. The van der Waals surface area contributed by atoms with Gasteiger partial charge in [-0.15, -0.1) is 0 Å². The van der Waals surface area contributed by atoms with Crippen LogP contribution in [0, 0.1) is 6.92 Å². The lowest BCUT2D eigenvalue weighted by atomic mass is 10.2. The minimum atomic E-state index is -0.270. The lowest BCUT2D eigenvalue weighted by Gasteiger charge is -2.18. The predicted molar refractivity (Wildman–Crippen MR) is 112 cm³/mol. The summed E-state index contributed by atoms with van der Waals surface area (Å²) in [5, 5.41) is 2.89. The van der Waals surface area contributed by atoms with Gasteiger partial charge in [0.25, 0.3) is 5.91 Å². The smallest absolute Gasteiger partial charge is 0.270 e. The van der Waals surface area contributed by atoms with Crippen molar-refractivity contribution in [1.82, 2.24) is 15.3 Å². The first-order valence-electron chi connectivity index (χ1n) is 9.15. The summed E-state index contributed by atoms with van der Waals surface area (Å²) in [6, 6.07) is 16.9. The van der Waals surface area contributed by atoms with Gasteiger partial charge in [0.2, 0.25) is 5.95 Å². The zero-order valence-corrected chi connectivity index (χ0v) is 17.0. The molecule has 150 valence electrons. The molecule has 0 saturated carbocycles. The lowest BCUT2D eigenvalue weighted by Crippen LogP contribution is -2.25. The van der Waals surface area contributed by atoms with Crippen LogP contribution in [0.25, 0.3) is 0 Å². The van der Waals surface area contributed by atoms with Gasteiger partial charge >= 0.3 is 0 Å². The highest BCUT2D eigenvalue weighted by atomic mass is 16.5. The van der Waals surface area contributed by atoms with Gasteiger partial charge in [0, 0.05) is 25.0 Å². The van der Waals surface area contributed by atoms with Crippen LogP contribution in [0.15, 0.2) is 54.6 Å². The zero-order chi connectivity index (χ0) is 20.8. The largest absolute Gasteiger partial charge is 0.493 e. The number of ether oxygens (including phenoxy) is 2. The zero-order valence-electron chi connectivity index (χ0n) is 17.0. The number of methoxy groups -OCH3 is 2. The lowest BCUT2D eigenvalue weighted by molar-refractivity contribution is 0.0945. The number of aryl methyl sites for hydroxylation is 1. The molecule has 1 heterocycles. The Labute approximate surface area is 170 Å². The third-order valence-corrected chi connectivity index (χ3v) is 4.42. The highest BCUT2D eigenvalue weighted by Crippen LogP contribution is 2.27. The fourth-order valence-corrected chi connectivity index (χ4v) is 2.85. The van der Waals surface area contributed by atoms with Crippen LogP contribution in [0.4, 0.5) is 11.6 Å². The van der Waals surface area contributed by atoms with E-state index in [4.69, 9.17) is 9.47 Å². The number of carbonyl (C=O) groups is 1. The Balaban J connectivity index is 1.75.